The molecule has 0 N–H and O–H groups in total. The summed E-state index contributed by atoms with van der Waals surface area (Å²) in [5, 5.41) is 2.95. The van der Waals surface area contributed by atoms with Crippen molar-refractivity contribution in [2.24, 2.45) is 11.8 Å². The van der Waals surface area contributed by atoms with Crippen LogP contribution in [-0.2, 0) is 32.9 Å². The van der Waals surface area contributed by atoms with Crippen LogP contribution in [0.25, 0.3) is 42.8 Å². The van der Waals surface area contributed by atoms with E-state index in [2.05, 4.69) is 46.7 Å². The van der Waals surface area contributed by atoms with E-state index in [1.54, 1.807) is 30.5 Å². The molecule has 2 aromatic carbocycles. The summed E-state index contributed by atoms with van der Waals surface area (Å²) < 4.78 is 57.6. The molecule has 6 aromatic rings. The van der Waals surface area contributed by atoms with Gasteiger partial charge in [0.1, 0.15) is 4.83 Å². The molecule has 0 amide bonds. The van der Waals surface area contributed by atoms with E-state index in [0.29, 0.717) is 16.1 Å². The van der Waals surface area contributed by atoms with Gasteiger partial charge in [-0.2, -0.15) is 11.3 Å². The molecule has 0 fully saturated rings. The molecule has 0 unspecified atom stereocenters. The van der Waals surface area contributed by atoms with Crippen LogP contribution in [0, 0.1) is 30.8 Å². The fourth-order valence-electron chi connectivity index (χ4n) is 4.99. The van der Waals surface area contributed by atoms with Gasteiger partial charge in [0.25, 0.3) is 0 Å². The number of rotatable bonds is 7. The molecular weight excluding hydrogens is 763 g/mol. The number of fused-ring (bicyclic) bond motifs is 3. The maximum Gasteiger partial charge on any atom is 0.113 e. The van der Waals surface area contributed by atoms with Crippen LogP contribution >= 0.6 is 11.3 Å². The topological polar surface area (TPSA) is 38.7 Å². The van der Waals surface area contributed by atoms with Crippen LogP contribution in [-0.4, -0.2) is 23.0 Å². The molecule has 0 saturated carbocycles. The van der Waals surface area contributed by atoms with Crippen LogP contribution in [0.1, 0.15) is 54.1 Å². The summed E-state index contributed by atoms with van der Waals surface area (Å²) in [6, 6.07) is 26.6. The Kier molecular flexibility index (Phi) is 8.72. The average Bonchev–Trinajstić information content (AvgIpc) is 3.46. The zero-order chi connectivity index (χ0) is 37.5. The molecule has 3 nitrogen and oxygen atoms in total. The summed E-state index contributed by atoms with van der Waals surface area (Å²) in [5.74, 6) is -0.262. The minimum atomic E-state index is -2.25. The first-order chi connectivity index (χ1) is 23.7. The van der Waals surface area contributed by atoms with Crippen molar-refractivity contribution in [2.45, 2.75) is 66.9 Å². The first-order valence-corrected chi connectivity index (χ1v) is 19.2. The zero-order valence-electron chi connectivity index (χ0n) is 33.7. The van der Waals surface area contributed by atoms with Crippen molar-refractivity contribution in [2.75, 3.05) is 0 Å². The van der Waals surface area contributed by atoms with Crippen molar-refractivity contribution < 1.29 is 29.7 Å². The van der Waals surface area contributed by atoms with Gasteiger partial charge in [0.15, 0.2) is 0 Å². The van der Waals surface area contributed by atoms with Crippen molar-refractivity contribution in [1.29, 1.82) is 0 Å². The second kappa shape index (κ2) is 15.0. The fourth-order valence-corrected chi connectivity index (χ4v) is 7.57. The van der Waals surface area contributed by atoms with E-state index in [1.807, 2.05) is 76.4 Å². The molecule has 45 heavy (non-hydrogen) atoms. The van der Waals surface area contributed by atoms with Crippen molar-refractivity contribution >= 4 is 44.9 Å². The number of hydrogen-bond donors (Lipinski definition) is 0. The standard InChI is InChI=1S/C21H19N2S.C18H24NSi.Ir/c1-13(2)11-15-9-10-22-19(12-15)18-6-4-5-16-17-8-7-14(3)23-21(17)24-20(16)18;1-14(2)11-16-12-17(15-9-7-6-8-10-15)19-13-18(16)20(3,4)5;/h4-5,7-10,12-13H,11H2,1-3H3;6-9,12-14H,11H2,1-5H3;/q2*-1;/i3D3,11D2;11D2;. The van der Waals surface area contributed by atoms with E-state index in [9.17, 15) is 0 Å². The molecule has 1 radical (unpaired) electrons. The van der Waals surface area contributed by atoms with Gasteiger partial charge in [-0.3, -0.25) is 0 Å². The number of benzene rings is 2. The van der Waals surface area contributed by atoms with Crippen LogP contribution in [0.3, 0.4) is 0 Å². The normalized spacial score (nSPS) is 14.7. The van der Waals surface area contributed by atoms with E-state index in [0.717, 1.165) is 43.0 Å². The molecule has 0 saturated heterocycles. The van der Waals surface area contributed by atoms with E-state index >= 15 is 0 Å². The minimum absolute atomic E-state index is 0. The van der Waals surface area contributed by atoms with Crippen LogP contribution in [0.2, 0.25) is 19.6 Å². The molecule has 0 spiro atoms. The number of hydrogen-bond acceptors (Lipinski definition) is 4. The fraction of sp³-hybridized carbons (Fsp3) is 0.308. The van der Waals surface area contributed by atoms with Gasteiger partial charge in [0.05, 0.1) is 8.07 Å². The van der Waals surface area contributed by atoms with Crippen molar-refractivity contribution in [3.8, 4) is 22.5 Å². The van der Waals surface area contributed by atoms with E-state index < -0.39 is 27.7 Å². The van der Waals surface area contributed by atoms with E-state index in [-0.39, 0.29) is 37.6 Å². The van der Waals surface area contributed by atoms with E-state index in [4.69, 9.17) is 9.60 Å². The number of nitrogens with zero attached hydrogens (tertiary/aromatic N) is 3. The Morgan fingerprint density at radius 3 is 2.36 bits per heavy atom. The zero-order valence-corrected chi connectivity index (χ0v) is 31.0. The number of pyridine rings is 3. The van der Waals surface area contributed by atoms with Crippen LogP contribution in [0.15, 0.2) is 79.1 Å². The molecule has 0 bridgehead atoms. The number of aryl methyl sites for hydroxylation is 1. The van der Waals surface area contributed by atoms with Crippen LogP contribution in [0.5, 0.6) is 0 Å². The first kappa shape index (κ1) is 26.1. The van der Waals surface area contributed by atoms with Gasteiger partial charge in [-0.05, 0) is 70.2 Å². The van der Waals surface area contributed by atoms with Gasteiger partial charge < -0.3 is 9.97 Å². The summed E-state index contributed by atoms with van der Waals surface area (Å²) in [6.45, 7) is 12.0. The maximum atomic E-state index is 8.55. The molecule has 0 atom stereocenters. The molecule has 0 aliphatic rings. The predicted octanol–water partition coefficient (Wildman–Crippen LogP) is 10.1. The SMILES string of the molecule is [2H]C([2H])([2H])c1ccc2c(n1)sc1c(-c3cc(C([2H])([2H])C(C)C)ccn3)[c-]ccc12.[2H]C([2H])(c1cc(-c2[c-]cccc2)ncc1[Si](C)(C)C)C(C)C.[Ir]. The second-order valence-electron chi connectivity index (χ2n) is 12.4. The van der Waals surface area contributed by atoms with Gasteiger partial charge in [0.2, 0.25) is 0 Å². The van der Waals surface area contributed by atoms with Gasteiger partial charge >= 0.3 is 0 Å². The molecule has 6 rings (SSSR count). The third kappa shape index (κ3) is 8.62. The van der Waals surface area contributed by atoms with Gasteiger partial charge in [0, 0.05) is 47.8 Å². The summed E-state index contributed by atoms with van der Waals surface area (Å²) in [6.07, 6.45) is 0.678. The van der Waals surface area contributed by atoms with Crippen molar-refractivity contribution in [3.63, 3.8) is 0 Å². The van der Waals surface area contributed by atoms with Crippen LogP contribution in [0.4, 0.5) is 0 Å². The minimum Gasteiger partial charge on any atom is -0.305 e. The summed E-state index contributed by atoms with van der Waals surface area (Å²) in [7, 11) is -1.67. The summed E-state index contributed by atoms with van der Waals surface area (Å²) in [4.78, 5) is 14.1. The Labute approximate surface area is 297 Å². The molecular formula is C39H43IrN3SSi-2. The molecule has 6 heteroatoms. The largest absolute Gasteiger partial charge is 0.305 e. The Balaban J connectivity index is 0.000000237. The number of thiophene rings is 1. The third-order valence-electron chi connectivity index (χ3n) is 6.91. The monoisotopic (exact) mass is 813 g/mol. The predicted molar refractivity (Wildman–Crippen MR) is 193 cm³/mol. The van der Waals surface area contributed by atoms with E-state index in [1.165, 1.54) is 11.3 Å². The molecule has 4 aromatic heterocycles. The second-order valence-corrected chi connectivity index (χ2v) is 18.5. The Bertz CT molecular complexity index is 2160. The Morgan fingerprint density at radius 2 is 1.67 bits per heavy atom. The van der Waals surface area contributed by atoms with Gasteiger partial charge in [-0.25, -0.2) is 4.98 Å². The van der Waals surface area contributed by atoms with Crippen molar-refractivity contribution in [1.82, 2.24) is 15.0 Å². The van der Waals surface area contributed by atoms with Gasteiger partial charge in [-0.15, -0.1) is 59.7 Å². The first-order valence-electron chi connectivity index (χ1n) is 18.4. The number of aromatic nitrogens is 3. The third-order valence-corrected chi connectivity index (χ3v) is 10.1. The Morgan fingerprint density at radius 1 is 0.867 bits per heavy atom. The molecule has 4 heterocycles. The van der Waals surface area contributed by atoms with Gasteiger partial charge in [-0.1, -0.05) is 82.0 Å². The molecule has 0 aliphatic heterocycles. The smallest absolute Gasteiger partial charge is 0.113 e. The quantitative estimate of drug-likeness (QED) is 0.119. The summed E-state index contributed by atoms with van der Waals surface area (Å²) in [5.41, 5.74) is 4.55. The Hall–Kier alpha value is -3.02. The molecule has 235 valence electrons. The molecule has 0 aliphatic carbocycles. The van der Waals surface area contributed by atoms with Crippen molar-refractivity contribution in [3.05, 3.63) is 108 Å². The maximum absolute atomic E-state index is 8.55. The average molecular weight is 813 g/mol. The summed E-state index contributed by atoms with van der Waals surface area (Å²) >= 11 is 1.41. The van der Waals surface area contributed by atoms with Crippen LogP contribution < -0.4 is 5.19 Å².